The van der Waals surface area contributed by atoms with Gasteiger partial charge in [0.1, 0.15) is 0 Å². The van der Waals surface area contributed by atoms with Crippen LogP contribution in [0.3, 0.4) is 0 Å². The van der Waals surface area contributed by atoms with Gasteiger partial charge in [-0.15, -0.1) is 0 Å². The molecule has 1 aromatic heterocycles. The number of carbonyl (C=O) groups is 1. The average molecular weight is 196 g/mol. The summed E-state index contributed by atoms with van der Waals surface area (Å²) in [5.74, 6) is -0.841. The smallest absolute Gasteiger partial charge is 0.306 e. The largest absolute Gasteiger partial charge is 0.481 e. The summed E-state index contributed by atoms with van der Waals surface area (Å²) in [5, 5.41) is 12.8. The maximum atomic E-state index is 10.6. The van der Waals surface area contributed by atoms with E-state index in [1.165, 1.54) is 0 Å². The predicted molar refractivity (Wildman–Crippen MR) is 47.9 cm³/mol. The van der Waals surface area contributed by atoms with Gasteiger partial charge in [-0.2, -0.15) is 5.10 Å². The zero-order chi connectivity index (χ0) is 10.1. The fourth-order valence-corrected chi connectivity index (χ4v) is 1.77. The molecule has 0 aliphatic carbocycles. The van der Waals surface area contributed by atoms with Gasteiger partial charge < -0.3 is 9.84 Å². The van der Waals surface area contributed by atoms with Crippen LogP contribution in [-0.2, 0) is 23.0 Å². The van der Waals surface area contributed by atoms with Gasteiger partial charge in [0, 0.05) is 24.7 Å². The second kappa shape index (κ2) is 3.42. The highest BCUT2D eigenvalue weighted by Gasteiger charge is 2.25. The third-order valence-electron chi connectivity index (χ3n) is 2.46. The van der Waals surface area contributed by atoms with Crippen LogP contribution in [0, 0.1) is 0 Å². The lowest BCUT2D eigenvalue weighted by Crippen LogP contribution is -2.19. The SMILES string of the molecule is Cn1ncc2c1CCOC2CC(=O)O. The van der Waals surface area contributed by atoms with Crippen LogP contribution in [0.1, 0.15) is 23.8 Å². The number of carboxylic acids is 1. The van der Waals surface area contributed by atoms with E-state index in [9.17, 15) is 4.79 Å². The molecule has 2 rings (SSSR count). The summed E-state index contributed by atoms with van der Waals surface area (Å²) in [6, 6.07) is 0. The summed E-state index contributed by atoms with van der Waals surface area (Å²) in [7, 11) is 1.86. The highest BCUT2D eigenvalue weighted by atomic mass is 16.5. The van der Waals surface area contributed by atoms with Gasteiger partial charge in [-0.05, 0) is 0 Å². The lowest BCUT2D eigenvalue weighted by molar-refractivity contribution is -0.140. The average Bonchev–Trinajstić information content (AvgIpc) is 2.49. The van der Waals surface area contributed by atoms with Gasteiger partial charge in [0.2, 0.25) is 0 Å². The normalized spacial score (nSPS) is 20.5. The molecule has 1 N–H and O–H groups in total. The molecule has 0 radical (unpaired) electrons. The number of rotatable bonds is 2. The number of ether oxygens (including phenoxy) is 1. The number of hydrogen-bond acceptors (Lipinski definition) is 3. The van der Waals surface area contributed by atoms with E-state index in [2.05, 4.69) is 5.10 Å². The highest BCUT2D eigenvalue weighted by molar-refractivity contribution is 5.67. The molecule has 0 fully saturated rings. The summed E-state index contributed by atoms with van der Waals surface area (Å²) >= 11 is 0. The monoisotopic (exact) mass is 196 g/mol. The first-order valence-electron chi connectivity index (χ1n) is 4.52. The molecule has 1 aliphatic rings. The molecule has 14 heavy (non-hydrogen) atoms. The van der Waals surface area contributed by atoms with E-state index >= 15 is 0 Å². The van der Waals surface area contributed by atoms with Gasteiger partial charge in [-0.1, -0.05) is 0 Å². The van der Waals surface area contributed by atoms with E-state index in [4.69, 9.17) is 9.84 Å². The van der Waals surface area contributed by atoms with Crippen molar-refractivity contribution in [1.29, 1.82) is 0 Å². The lowest BCUT2D eigenvalue weighted by atomic mass is 10.0. The molecule has 1 atom stereocenters. The maximum absolute atomic E-state index is 10.6. The first-order valence-corrected chi connectivity index (χ1v) is 4.52. The molecule has 5 nitrogen and oxygen atoms in total. The molecular formula is C9H12N2O3. The minimum atomic E-state index is -0.841. The molecule has 0 bridgehead atoms. The standard InChI is InChI=1S/C9H12N2O3/c1-11-7-2-3-14-8(4-9(12)13)6(7)5-10-11/h5,8H,2-4H2,1H3,(H,12,13). The molecule has 0 saturated heterocycles. The predicted octanol–water partition coefficient (Wildman–Crippen LogP) is 0.509. The quantitative estimate of drug-likeness (QED) is 0.748. The summed E-state index contributed by atoms with van der Waals surface area (Å²) in [5.41, 5.74) is 2.00. The Bertz CT molecular complexity index is 359. The van der Waals surface area contributed by atoms with Crippen LogP contribution in [-0.4, -0.2) is 27.5 Å². The van der Waals surface area contributed by atoms with E-state index in [0.29, 0.717) is 6.61 Å². The van der Waals surface area contributed by atoms with Gasteiger partial charge >= 0.3 is 5.97 Å². The number of aromatic nitrogens is 2. The number of hydrogen-bond donors (Lipinski definition) is 1. The molecule has 1 unspecified atom stereocenters. The van der Waals surface area contributed by atoms with Crippen molar-refractivity contribution in [2.45, 2.75) is 18.9 Å². The summed E-state index contributed by atoms with van der Waals surface area (Å²) < 4.78 is 7.18. The van der Waals surface area contributed by atoms with Gasteiger partial charge in [0.15, 0.2) is 0 Å². The van der Waals surface area contributed by atoms with Crippen LogP contribution in [0.15, 0.2) is 6.20 Å². The van der Waals surface area contributed by atoms with Crippen LogP contribution in [0.25, 0.3) is 0 Å². The van der Waals surface area contributed by atoms with Crippen LogP contribution >= 0.6 is 0 Å². The Kier molecular flexibility index (Phi) is 2.25. The Morgan fingerprint density at radius 3 is 3.36 bits per heavy atom. The second-order valence-electron chi connectivity index (χ2n) is 3.38. The van der Waals surface area contributed by atoms with E-state index in [-0.39, 0.29) is 12.5 Å². The van der Waals surface area contributed by atoms with Crippen molar-refractivity contribution < 1.29 is 14.6 Å². The molecular weight excluding hydrogens is 184 g/mol. The van der Waals surface area contributed by atoms with Crippen molar-refractivity contribution in [2.24, 2.45) is 7.05 Å². The summed E-state index contributed by atoms with van der Waals surface area (Å²) in [6.07, 6.45) is 2.19. The zero-order valence-corrected chi connectivity index (χ0v) is 7.93. The topological polar surface area (TPSA) is 64.4 Å². The van der Waals surface area contributed by atoms with Crippen LogP contribution in [0.2, 0.25) is 0 Å². The second-order valence-corrected chi connectivity index (χ2v) is 3.38. The molecule has 1 aliphatic heterocycles. The molecule has 5 heteroatoms. The molecule has 76 valence electrons. The van der Waals surface area contributed by atoms with E-state index in [1.807, 2.05) is 7.05 Å². The molecule has 0 aromatic carbocycles. The first kappa shape index (κ1) is 9.21. The third-order valence-corrected chi connectivity index (χ3v) is 2.46. The minimum absolute atomic E-state index is 0.0126. The molecule has 0 spiro atoms. The van der Waals surface area contributed by atoms with Crippen molar-refractivity contribution in [1.82, 2.24) is 9.78 Å². The Hall–Kier alpha value is -1.36. The molecule has 0 saturated carbocycles. The van der Waals surface area contributed by atoms with Gasteiger partial charge in [0.25, 0.3) is 0 Å². The van der Waals surface area contributed by atoms with E-state index in [1.54, 1.807) is 10.9 Å². The van der Waals surface area contributed by atoms with E-state index in [0.717, 1.165) is 17.7 Å². The number of aliphatic carboxylic acids is 1. The number of carboxylic acid groups (broad SMARTS) is 1. The number of nitrogens with zero attached hydrogens (tertiary/aromatic N) is 2. The van der Waals surface area contributed by atoms with Gasteiger partial charge in [0.05, 0.1) is 25.3 Å². The lowest BCUT2D eigenvalue weighted by Gasteiger charge is -2.21. The molecule has 0 amide bonds. The molecule has 2 heterocycles. The van der Waals surface area contributed by atoms with Crippen LogP contribution < -0.4 is 0 Å². The first-order chi connectivity index (χ1) is 6.68. The summed E-state index contributed by atoms with van der Waals surface area (Å²) in [4.78, 5) is 10.6. The number of fused-ring (bicyclic) bond motifs is 1. The highest BCUT2D eigenvalue weighted by Crippen LogP contribution is 2.28. The minimum Gasteiger partial charge on any atom is -0.481 e. The maximum Gasteiger partial charge on any atom is 0.306 e. The Morgan fingerprint density at radius 1 is 1.86 bits per heavy atom. The van der Waals surface area contributed by atoms with Gasteiger partial charge in [-0.25, -0.2) is 0 Å². The van der Waals surface area contributed by atoms with Crippen LogP contribution in [0.4, 0.5) is 0 Å². The van der Waals surface area contributed by atoms with Gasteiger partial charge in [-0.3, -0.25) is 9.48 Å². The Balaban J connectivity index is 2.27. The van der Waals surface area contributed by atoms with Crippen molar-refractivity contribution in [3.05, 3.63) is 17.5 Å². The van der Waals surface area contributed by atoms with Crippen molar-refractivity contribution in [3.8, 4) is 0 Å². The van der Waals surface area contributed by atoms with E-state index < -0.39 is 5.97 Å². The fourth-order valence-electron chi connectivity index (χ4n) is 1.77. The Labute approximate surface area is 81.3 Å². The van der Waals surface area contributed by atoms with Crippen molar-refractivity contribution >= 4 is 5.97 Å². The fraction of sp³-hybridized carbons (Fsp3) is 0.556. The zero-order valence-electron chi connectivity index (χ0n) is 7.93. The third kappa shape index (κ3) is 1.50. The van der Waals surface area contributed by atoms with Crippen molar-refractivity contribution in [2.75, 3.05) is 6.61 Å². The Morgan fingerprint density at radius 2 is 2.64 bits per heavy atom. The molecule has 1 aromatic rings. The summed E-state index contributed by atoms with van der Waals surface area (Å²) in [6.45, 7) is 0.574. The van der Waals surface area contributed by atoms with Crippen molar-refractivity contribution in [3.63, 3.8) is 0 Å². The number of aryl methyl sites for hydroxylation is 1. The van der Waals surface area contributed by atoms with Crippen LogP contribution in [0.5, 0.6) is 0 Å².